The lowest BCUT2D eigenvalue weighted by Crippen LogP contribution is -2.44. The maximum absolute atomic E-state index is 11.8. The van der Waals surface area contributed by atoms with Gasteiger partial charge in [-0.3, -0.25) is 9.69 Å². The number of nitrogens with zero attached hydrogens (tertiary/aromatic N) is 2. The standard InChI is InChI=1S/C26H35N3O2/c1-28(2)26(30)18-20-8-10-23(11-9-20)31-17-16-29-14-12-22(13-15-29)27-25-19-24(25)21-6-4-3-5-7-21/h3-11,22,24-25,27H,12-19H2,1-2H3/t24-,25+/m0/s1. The summed E-state index contributed by atoms with van der Waals surface area (Å²) in [6.07, 6.45) is 4.14. The van der Waals surface area contributed by atoms with Gasteiger partial charge in [0.2, 0.25) is 5.91 Å². The van der Waals surface area contributed by atoms with E-state index < -0.39 is 0 Å². The lowest BCUT2D eigenvalue weighted by atomic mass is 10.0. The summed E-state index contributed by atoms with van der Waals surface area (Å²) in [5.74, 6) is 1.70. The van der Waals surface area contributed by atoms with Crippen LogP contribution < -0.4 is 10.1 Å². The minimum Gasteiger partial charge on any atom is -0.492 e. The monoisotopic (exact) mass is 421 g/mol. The molecule has 1 aliphatic heterocycles. The predicted octanol–water partition coefficient (Wildman–Crippen LogP) is 3.31. The summed E-state index contributed by atoms with van der Waals surface area (Å²) >= 11 is 0. The summed E-state index contributed by atoms with van der Waals surface area (Å²) < 4.78 is 5.93. The largest absolute Gasteiger partial charge is 0.492 e. The molecule has 1 heterocycles. The minimum absolute atomic E-state index is 0.115. The molecule has 166 valence electrons. The van der Waals surface area contributed by atoms with Gasteiger partial charge in [-0.1, -0.05) is 42.5 Å². The molecule has 0 spiro atoms. The molecule has 1 saturated carbocycles. The van der Waals surface area contributed by atoms with E-state index in [4.69, 9.17) is 4.74 Å². The topological polar surface area (TPSA) is 44.8 Å². The zero-order valence-electron chi connectivity index (χ0n) is 18.8. The molecule has 1 aliphatic carbocycles. The molecule has 5 heteroatoms. The molecule has 1 amide bonds. The third kappa shape index (κ3) is 6.31. The second-order valence-electron chi connectivity index (χ2n) is 9.10. The molecule has 2 aromatic rings. The van der Waals surface area contributed by atoms with Crippen LogP contribution in [0, 0.1) is 0 Å². The van der Waals surface area contributed by atoms with Crippen LogP contribution in [0.4, 0.5) is 0 Å². The van der Waals surface area contributed by atoms with Crippen LogP contribution in [0.5, 0.6) is 5.75 Å². The van der Waals surface area contributed by atoms with E-state index >= 15 is 0 Å². The average molecular weight is 422 g/mol. The molecular formula is C26H35N3O2. The molecule has 0 radical (unpaired) electrons. The van der Waals surface area contributed by atoms with Gasteiger partial charge in [-0.15, -0.1) is 0 Å². The number of likely N-dealkylation sites (tertiary alicyclic amines) is 1. The smallest absolute Gasteiger partial charge is 0.226 e. The van der Waals surface area contributed by atoms with Gasteiger partial charge in [-0.2, -0.15) is 0 Å². The Kier molecular flexibility index (Phi) is 7.25. The number of carbonyl (C=O) groups excluding carboxylic acids is 1. The fraction of sp³-hybridized carbons (Fsp3) is 0.500. The van der Waals surface area contributed by atoms with Crippen LogP contribution in [0.25, 0.3) is 0 Å². The van der Waals surface area contributed by atoms with E-state index in [0.29, 0.717) is 31.0 Å². The molecule has 4 rings (SSSR count). The van der Waals surface area contributed by atoms with Gasteiger partial charge >= 0.3 is 0 Å². The van der Waals surface area contributed by atoms with Gasteiger partial charge in [0.1, 0.15) is 12.4 Å². The summed E-state index contributed by atoms with van der Waals surface area (Å²) in [6.45, 7) is 3.93. The van der Waals surface area contributed by atoms with Crippen LogP contribution in [0.15, 0.2) is 54.6 Å². The molecule has 1 saturated heterocycles. The highest BCUT2D eigenvalue weighted by Gasteiger charge is 2.39. The number of nitrogens with one attached hydrogen (secondary N) is 1. The van der Waals surface area contributed by atoms with Gasteiger partial charge in [0, 0.05) is 38.6 Å². The Morgan fingerprint density at radius 2 is 1.77 bits per heavy atom. The fourth-order valence-corrected chi connectivity index (χ4v) is 4.40. The first-order valence-corrected chi connectivity index (χ1v) is 11.5. The zero-order valence-corrected chi connectivity index (χ0v) is 18.8. The van der Waals surface area contributed by atoms with E-state index in [2.05, 4.69) is 40.5 Å². The number of carbonyl (C=O) groups is 1. The molecule has 1 N–H and O–H groups in total. The van der Waals surface area contributed by atoms with Crippen molar-refractivity contribution >= 4 is 5.91 Å². The first-order valence-electron chi connectivity index (χ1n) is 11.5. The van der Waals surface area contributed by atoms with Crippen LogP contribution in [0.2, 0.25) is 0 Å². The van der Waals surface area contributed by atoms with Crippen LogP contribution >= 0.6 is 0 Å². The Morgan fingerprint density at radius 1 is 1.06 bits per heavy atom. The number of ether oxygens (including phenoxy) is 1. The predicted molar refractivity (Wildman–Crippen MR) is 125 cm³/mol. The highest BCUT2D eigenvalue weighted by atomic mass is 16.5. The van der Waals surface area contributed by atoms with Crippen molar-refractivity contribution in [2.75, 3.05) is 40.3 Å². The lowest BCUT2D eigenvalue weighted by Gasteiger charge is -2.32. The third-order valence-corrected chi connectivity index (χ3v) is 6.51. The van der Waals surface area contributed by atoms with Gasteiger partial charge in [0.15, 0.2) is 0 Å². The first kappa shape index (κ1) is 21.8. The van der Waals surface area contributed by atoms with E-state index in [1.165, 1.54) is 24.8 Å². The van der Waals surface area contributed by atoms with E-state index in [-0.39, 0.29) is 5.91 Å². The van der Waals surface area contributed by atoms with Crippen LogP contribution in [0.1, 0.15) is 36.3 Å². The van der Waals surface area contributed by atoms with Gasteiger partial charge < -0.3 is 15.0 Å². The van der Waals surface area contributed by atoms with E-state index in [9.17, 15) is 4.79 Å². The molecule has 31 heavy (non-hydrogen) atoms. The van der Waals surface area contributed by atoms with Gasteiger partial charge in [-0.05, 0) is 55.6 Å². The average Bonchev–Trinajstić information content (AvgIpc) is 3.56. The van der Waals surface area contributed by atoms with Crippen molar-refractivity contribution in [1.82, 2.24) is 15.1 Å². The zero-order chi connectivity index (χ0) is 21.6. The first-order chi connectivity index (χ1) is 15.1. The van der Waals surface area contributed by atoms with Crippen molar-refractivity contribution in [3.8, 4) is 5.75 Å². The van der Waals surface area contributed by atoms with Gasteiger partial charge in [0.25, 0.3) is 0 Å². The number of amides is 1. The second kappa shape index (κ2) is 10.3. The molecule has 0 aromatic heterocycles. The van der Waals surface area contributed by atoms with Crippen molar-refractivity contribution in [1.29, 1.82) is 0 Å². The quantitative estimate of drug-likeness (QED) is 0.675. The molecule has 2 aliphatic rings. The molecule has 2 fully saturated rings. The number of benzene rings is 2. The van der Waals surface area contributed by atoms with E-state index in [0.717, 1.165) is 30.9 Å². The summed E-state index contributed by atoms with van der Waals surface area (Å²) in [4.78, 5) is 15.9. The van der Waals surface area contributed by atoms with Crippen LogP contribution in [-0.2, 0) is 11.2 Å². The van der Waals surface area contributed by atoms with Crippen LogP contribution in [-0.4, -0.2) is 68.1 Å². The SMILES string of the molecule is CN(C)C(=O)Cc1ccc(OCCN2CCC(N[C@@H]3C[C@H]3c3ccccc3)CC2)cc1. The third-order valence-electron chi connectivity index (χ3n) is 6.51. The van der Waals surface area contributed by atoms with Crippen molar-refractivity contribution in [2.24, 2.45) is 0 Å². The van der Waals surface area contributed by atoms with Crippen molar-refractivity contribution in [3.63, 3.8) is 0 Å². The Bertz CT molecular complexity index is 829. The molecule has 0 bridgehead atoms. The Balaban J connectivity index is 1.11. The molecule has 0 unspecified atom stereocenters. The number of hydrogen-bond donors (Lipinski definition) is 1. The number of likely N-dealkylation sites (N-methyl/N-ethyl adjacent to an activating group) is 1. The summed E-state index contributed by atoms with van der Waals surface area (Å²) in [7, 11) is 3.57. The Hall–Kier alpha value is -2.37. The fourth-order valence-electron chi connectivity index (χ4n) is 4.40. The Morgan fingerprint density at radius 3 is 2.45 bits per heavy atom. The molecular weight excluding hydrogens is 386 g/mol. The van der Waals surface area contributed by atoms with Crippen molar-refractivity contribution < 1.29 is 9.53 Å². The maximum atomic E-state index is 11.8. The van der Waals surface area contributed by atoms with Crippen molar-refractivity contribution in [2.45, 2.75) is 43.7 Å². The number of piperidine rings is 1. The summed E-state index contributed by atoms with van der Waals surface area (Å²) in [6, 6.07) is 20.1. The second-order valence-corrected chi connectivity index (χ2v) is 9.10. The normalized spacial score (nSPS) is 21.6. The van der Waals surface area contributed by atoms with Crippen LogP contribution in [0.3, 0.4) is 0 Å². The molecule has 5 nitrogen and oxygen atoms in total. The Labute approximate surface area is 186 Å². The number of hydrogen-bond acceptors (Lipinski definition) is 4. The molecule has 2 aromatic carbocycles. The van der Waals surface area contributed by atoms with E-state index in [1.54, 1.807) is 19.0 Å². The number of rotatable bonds is 9. The van der Waals surface area contributed by atoms with Gasteiger partial charge in [0.05, 0.1) is 6.42 Å². The van der Waals surface area contributed by atoms with Crippen molar-refractivity contribution in [3.05, 3.63) is 65.7 Å². The summed E-state index contributed by atoms with van der Waals surface area (Å²) in [5, 5.41) is 3.88. The maximum Gasteiger partial charge on any atom is 0.226 e. The highest BCUT2D eigenvalue weighted by molar-refractivity contribution is 5.78. The van der Waals surface area contributed by atoms with Gasteiger partial charge in [-0.25, -0.2) is 0 Å². The lowest BCUT2D eigenvalue weighted by molar-refractivity contribution is -0.127. The molecule has 2 atom stereocenters. The summed E-state index contributed by atoms with van der Waals surface area (Å²) in [5.41, 5.74) is 2.50. The van der Waals surface area contributed by atoms with E-state index in [1.807, 2.05) is 24.3 Å². The highest BCUT2D eigenvalue weighted by Crippen LogP contribution is 2.41. The minimum atomic E-state index is 0.115.